The predicted molar refractivity (Wildman–Crippen MR) is 84.4 cm³/mol. The molecule has 0 saturated heterocycles. The lowest BCUT2D eigenvalue weighted by Gasteiger charge is -2.11. The van der Waals surface area contributed by atoms with E-state index in [1.807, 2.05) is 37.4 Å². The summed E-state index contributed by atoms with van der Waals surface area (Å²) >= 11 is 5.98. The van der Waals surface area contributed by atoms with Gasteiger partial charge in [0.15, 0.2) is 0 Å². The average Bonchev–Trinajstić information content (AvgIpc) is 2.45. The van der Waals surface area contributed by atoms with Gasteiger partial charge in [0.05, 0.1) is 0 Å². The van der Waals surface area contributed by atoms with Crippen molar-refractivity contribution in [1.82, 2.24) is 9.97 Å². The molecule has 1 aromatic heterocycles. The predicted octanol–water partition coefficient (Wildman–Crippen LogP) is 3.91. The Labute approximate surface area is 124 Å². The van der Waals surface area contributed by atoms with Crippen LogP contribution in [0.2, 0.25) is 5.02 Å². The number of nitrogens with one attached hydrogen (secondary N) is 2. The van der Waals surface area contributed by atoms with Gasteiger partial charge in [0.25, 0.3) is 0 Å². The maximum absolute atomic E-state index is 5.98. The summed E-state index contributed by atoms with van der Waals surface area (Å²) in [7, 11) is 1.85. The minimum absolute atomic E-state index is 0.287. The topological polar surface area (TPSA) is 49.8 Å². The second-order valence-electron chi connectivity index (χ2n) is 4.88. The van der Waals surface area contributed by atoms with Crippen LogP contribution in [0.15, 0.2) is 30.3 Å². The number of benzene rings is 1. The van der Waals surface area contributed by atoms with E-state index < -0.39 is 0 Å². The van der Waals surface area contributed by atoms with Gasteiger partial charge in [-0.25, -0.2) is 9.97 Å². The fraction of sp³-hybridized carbons (Fsp3) is 0.333. The molecule has 0 bridgehead atoms. The quantitative estimate of drug-likeness (QED) is 0.876. The van der Waals surface area contributed by atoms with Gasteiger partial charge in [-0.3, -0.25) is 0 Å². The first-order chi connectivity index (χ1) is 9.58. The zero-order valence-corrected chi connectivity index (χ0v) is 12.7. The van der Waals surface area contributed by atoms with Crippen molar-refractivity contribution in [1.29, 1.82) is 0 Å². The van der Waals surface area contributed by atoms with Crippen molar-refractivity contribution >= 4 is 23.2 Å². The molecule has 0 unspecified atom stereocenters. The van der Waals surface area contributed by atoms with Gasteiger partial charge in [-0.2, -0.15) is 0 Å². The zero-order valence-electron chi connectivity index (χ0n) is 11.9. The molecule has 0 aliphatic carbocycles. The second-order valence-corrected chi connectivity index (χ2v) is 5.32. The Morgan fingerprint density at radius 2 is 1.90 bits per heavy atom. The van der Waals surface area contributed by atoms with Gasteiger partial charge < -0.3 is 10.6 Å². The third-order valence-electron chi connectivity index (χ3n) is 2.88. The molecule has 1 heterocycles. The van der Waals surface area contributed by atoms with Crippen LogP contribution < -0.4 is 10.6 Å². The lowest BCUT2D eigenvalue weighted by Crippen LogP contribution is -2.07. The highest BCUT2D eigenvalue weighted by Gasteiger charge is 2.07. The number of rotatable bonds is 5. The summed E-state index contributed by atoms with van der Waals surface area (Å²) in [6.07, 6.45) is 0. The molecule has 0 saturated carbocycles. The highest BCUT2D eigenvalue weighted by molar-refractivity contribution is 6.30. The summed E-state index contributed by atoms with van der Waals surface area (Å²) in [6, 6.07) is 9.68. The van der Waals surface area contributed by atoms with E-state index >= 15 is 0 Å². The fourth-order valence-electron chi connectivity index (χ4n) is 1.78. The average molecular weight is 291 g/mol. The van der Waals surface area contributed by atoms with E-state index in [9.17, 15) is 0 Å². The number of hydrogen-bond donors (Lipinski definition) is 2. The van der Waals surface area contributed by atoms with Crippen molar-refractivity contribution < 1.29 is 0 Å². The van der Waals surface area contributed by atoms with Crippen molar-refractivity contribution in [2.24, 2.45) is 0 Å². The van der Waals surface area contributed by atoms with Crippen LogP contribution in [0.1, 0.15) is 31.2 Å². The summed E-state index contributed by atoms with van der Waals surface area (Å²) in [5, 5.41) is 7.11. The molecule has 2 rings (SSSR count). The first-order valence-corrected chi connectivity index (χ1v) is 7.01. The molecule has 2 N–H and O–H groups in total. The van der Waals surface area contributed by atoms with Crippen LogP contribution in [-0.4, -0.2) is 17.0 Å². The molecule has 1 aromatic carbocycles. The fourth-order valence-corrected chi connectivity index (χ4v) is 2.00. The number of aromatic nitrogens is 2. The SMILES string of the molecule is CNc1cc(NCc2cccc(Cl)c2)nc(C(C)C)n1. The molecule has 0 aliphatic rings. The third kappa shape index (κ3) is 3.84. The molecule has 4 nitrogen and oxygen atoms in total. The van der Waals surface area contributed by atoms with Crippen LogP contribution in [0.3, 0.4) is 0 Å². The smallest absolute Gasteiger partial charge is 0.135 e. The van der Waals surface area contributed by atoms with E-state index in [4.69, 9.17) is 11.6 Å². The summed E-state index contributed by atoms with van der Waals surface area (Å²) in [5.41, 5.74) is 1.12. The van der Waals surface area contributed by atoms with Crippen molar-refractivity contribution in [3.63, 3.8) is 0 Å². The molecule has 0 atom stereocenters. The number of nitrogens with zero attached hydrogens (tertiary/aromatic N) is 2. The molecule has 20 heavy (non-hydrogen) atoms. The monoisotopic (exact) mass is 290 g/mol. The lowest BCUT2D eigenvalue weighted by molar-refractivity contribution is 0.776. The van der Waals surface area contributed by atoms with E-state index in [0.29, 0.717) is 6.54 Å². The Hall–Kier alpha value is -1.81. The Kier molecular flexibility index (Phi) is 4.79. The van der Waals surface area contributed by atoms with Gasteiger partial charge in [-0.05, 0) is 17.7 Å². The molecule has 2 aromatic rings. The van der Waals surface area contributed by atoms with Crippen LogP contribution in [-0.2, 0) is 6.54 Å². The Morgan fingerprint density at radius 3 is 2.55 bits per heavy atom. The molecule has 0 amide bonds. The van der Waals surface area contributed by atoms with Crippen LogP contribution in [0, 0.1) is 0 Å². The van der Waals surface area contributed by atoms with Gasteiger partial charge >= 0.3 is 0 Å². The first kappa shape index (κ1) is 14.6. The molecule has 0 spiro atoms. The van der Waals surface area contributed by atoms with Crippen molar-refractivity contribution in [3.8, 4) is 0 Å². The molecular weight excluding hydrogens is 272 g/mol. The van der Waals surface area contributed by atoms with Crippen LogP contribution in [0.4, 0.5) is 11.6 Å². The first-order valence-electron chi connectivity index (χ1n) is 6.63. The Balaban J connectivity index is 2.14. The normalized spacial score (nSPS) is 10.7. The minimum atomic E-state index is 0.287. The van der Waals surface area contributed by atoms with Crippen LogP contribution >= 0.6 is 11.6 Å². The molecule has 0 radical (unpaired) electrons. The molecular formula is C15H19ClN4. The molecule has 0 aliphatic heterocycles. The van der Waals surface area contributed by atoms with Crippen molar-refractivity contribution in [3.05, 3.63) is 46.7 Å². The number of anilines is 2. The van der Waals surface area contributed by atoms with E-state index in [2.05, 4.69) is 34.4 Å². The number of halogens is 1. The largest absolute Gasteiger partial charge is 0.373 e. The van der Waals surface area contributed by atoms with E-state index in [1.165, 1.54) is 0 Å². The van der Waals surface area contributed by atoms with Gasteiger partial charge in [0.1, 0.15) is 17.5 Å². The Morgan fingerprint density at radius 1 is 1.15 bits per heavy atom. The maximum atomic E-state index is 5.98. The standard InChI is InChI=1S/C15H19ClN4/c1-10(2)15-19-13(17-3)8-14(20-15)18-9-11-5-4-6-12(16)7-11/h4-8,10H,9H2,1-3H3,(H2,17,18,19,20). The number of hydrogen-bond acceptors (Lipinski definition) is 4. The van der Waals surface area contributed by atoms with Crippen LogP contribution in [0.25, 0.3) is 0 Å². The van der Waals surface area contributed by atoms with Gasteiger partial charge in [0, 0.05) is 30.6 Å². The summed E-state index contributed by atoms with van der Waals surface area (Å²) in [4.78, 5) is 8.96. The zero-order chi connectivity index (χ0) is 14.5. The van der Waals surface area contributed by atoms with Gasteiger partial charge in [-0.1, -0.05) is 37.6 Å². The van der Waals surface area contributed by atoms with Gasteiger partial charge in [-0.15, -0.1) is 0 Å². The van der Waals surface area contributed by atoms with Crippen molar-refractivity contribution in [2.45, 2.75) is 26.3 Å². The highest BCUT2D eigenvalue weighted by atomic mass is 35.5. The summed E-state index contributed by atoms with van der Waals surface area (Å²) in [6.45, 7) is 4.84. The molecule has 106 valence electrons. The van der Waals surface area contributed by atoms with Gasteiger partial charge in [0.2, 0.25) is 0 Å². The second kappa shape index (κ2) is 6.57. The van der Waals surface area contributed by atoms with E-state index in [1.54, 1.807) is 0 Å². The Bertz CT molecular complexity index is 584. The summed E-state index contributed by atoms with van der Waals surface area (Å²) in [5.74, 6) is 2.74. The van der Waals surface area contributed by atoms with E-state index in [-0.39, 0.29) is 5.92 Å². The maximum Gasteiger partial charge on any atom is 0.135 e. The highest BCUT2D eigenvalue weighted by Crippen LogP contribution is 2.18. The molecule has 0 fully saturated rings. The summed E-state index contributed by atoms with van der Waals surface area (Å²) < 4.78 is 0. The molecule has 5 heteroatoms. The van der Waals surface area contributed by atoms with Crippen molar-refractivity contribution in [2.75, 3.05) is 17.7 Å². The lowest BCUT2D eigenvalue weighted by atomic mass is 10.2. The third-order valence-corrected chi connectivity index (χ3v) is 3.11. The van der Waals surface area contributed by atoms with Crippen LogP contribution in [0.5, 0.6) is 0 Å². The van der Waals surface area contributed by atoms with E-state index in [0.717, 1.165) is 28.0 Å². The minimum Gasteiger partial charge on any atom is -0.373 e.